The highest BCUT2D eigenvalue weighted by Gasteiger charge is 2.39. The topological polar surface area (TPSA) is 49.8 Å². The number of carbonyl (C=O) groups excluding carboxylic acids is 1. The number of aliphatic hydroxyl groups is 1. The fourth-order valence-electron chi connectivity index (χ4n) is 1.78. The third-order valence-electron chi connectivity index (χ3n) is 2.66. The highest BCUT2D eigenvalue weighted by Crippen LogP contribution is 2.28. The van der Waals surface area contributed by atoms with Gasteiger partial charge in [-0.05, 0) is 41.1 Å². The van der Waals surface area contributed by atoms with E-state index >= 15 is 0 Å². The molecule has 0 spiro atoms. The molecule has 1 saturated heterocycles. The summed E-state index contributed by atoms with van der Waals surface area (Å²) >= 11 is 9.11. The van der Waals surface area contributed by atoms with Crippen molar-refractivity contribution in [2.24, 2.45) is 0 Å². The largest absolute Gasteiger partial charge is 0.483 e. The zero-order valence-electron chi connectivity index (χ0n) is 9.82. The van der Waals surface area contributed by atoms with E-state index in [1.807, 2.05) is 0 Å². The molecule has 98 valence electrons. The van der Waals surface area contributed by atoms with Crippen molar-refractivity contribution in [1.82, 2.24) is 4.90 Å². The van der Waals surface area contributed by atoms with Crippen LogP contribution in [-0.2, 0) is 4.79 Å². The van der Waals surface area contributed by atoms with Gasteiger partial charge in [-0.2, -0.15) is 0 Å². The summed E-state index contributed by atoms with van der Waals surface area (Å²) in [6.07, 6.45) is 0. The van der Waals surface area contributed by atoms with E-state index in [0.29, 0.717) is 28.3 Å². The number of likely N-dealkylation sites (tertiary alicyclic amines) is 1. The molecule has 1 fully saturated rings. The van der Waals surface area contributed by atoms with Crippen LogP contribution in [-0.4, -0.2) is 41.2 Å². The van der Waals surface area contributed by atoms with Gasteiger partial charge in [0.1, 0.15) is 5.75 Å². The number of amides is 1. The van der Waals surface area contributed by atoms with Crippen LogP contribution >= 0.6 is 27.5 Å². The highest BCUT2D eigenvalue weighted by molar-refractivity contribution is 9.10. The van der Waals surface area contributed by atoms with E-state index < -0.39 is 5.60 Å². The van der Waals surface area contributed by atoms with Gasteiger partial charge in [0.25, 0.3) is 5.91 Å². The van der Waals surface area contributed by atoms with Gasteiger partial charge in [-0.1, -0.05) is 11.6 Å². The summed E-state index contributed by atoms with van der Waals surface area (Å²) in [6, 6.07) is 5.10. The summed E-state index contributed by atoms with van der Waals surface area (Å²) in [5.74, 6) is 0.434. The number of β-amino-alcohol motifs (C(OH)–C–C–N with tert-alkyl or cyclic N) is 1. The quantitative estimate of drug-likeness (QED) is 0.921. The van der Waals surface area contributed by atoms with Crippen molar-refractivity contribution >= 4 is 33.4 Å². The number of benzene rings is 1. The van der Waals surface area contributed by atoms with E-state index in [-0.39, 0.29) is 12.5 Å². The van der Waals surface area contributed by atoms with Gasteiger partial charge in [0, 0.05) is 5.02 Å². The Balaban J connectivity index is 1.86. The smallest absolute Gasteiger partial charge is 0.260 e. The summed E-state index contributed by atoms with van der Waals surface area (Å²) in [4.78, 5) is 13.3. The van der Waals surface area contributed by atoms with E-state index in [4.69, 9.17) is 16.3 Å². The Kier molecular flexibility index (Phi) is 3.84. The Bertz CT molecular complexity index is 470. The number of rotatable bonds is 3. The SMILES string of the molecule is CC1(O)CN(C(=O)COc2ccc(Cl)cc2Br)C1. The van der Waals surface area contributed by atoms with Gasteiger partial charge in [-0.25, -0.2) is 0 Å². The number of nitrogens with zero attached hydrogens (tertiary/aromatic N) is 1. The van der Waals surface area contributed by atoms with Crippen molar-refractivity contribution in [3.63, 3.8) is 0 Å². The molecule has 1 aromatic carbocycles. The monoisotopic (exact) mass is 333 g/mol. The molecule has 0 saturated carbocycles. The lowest BCUT2D eigenvalue weighted by molar-refractivity contribution is -0.154. The molecule has 0 unspecified atom stereocenters. The zero-order chi connectivity index (χ0) is 13.3. The van der Waals surface area contributed by atoms with Crippen LogP contribution in [0.4, 0.5) is 0 Å². The molecule has 2 rings (SSSR count). The van der Waals surface area contributed by atoms with Gasteiger partial charge in [0.2, 0.25) is 0 Å². The van der Waals surface area contributed by atoms with Crippen molar-refractivity contribution in [3.8, 4) is 5.75 Å². The van der Waals surface area contributed by atoms with Crippen LogP contribution in [0, 0.1) is 0 Å². The predicted octanol–water partition coefficient (Wildman–Crippen LogP) is 2.07. The first-order valence-corrected chi connectivity index (χ1v) is 6.62. The molecule has 1 N–H and O–H groups in total. The molecule has 6 heteroatoms. The Morgan fingerprint density at radius 1 is 1.61 bits per heavy atom. The Hall–Kier alpha value is -0.780. The Morgan fingerprint density at radius 3 is 2.83 bits per heavy atom. The summed E-state index contributed by atoms with van der Waals surface area (Å²) in [7, 11) is 0. The van der Waals surface area contributed by atoms with Crippen molar-refractivity contribution in [3.05, 3.63) is 27.7 Å². The maximum Gasteiger partial charge on any atom is 0.260 e. The average Bonchev–Trinajstić information content (AvgIpc) is 2.24. The van der Waals surface area contributed by atoms with Crippen molar-refractivity contribution in [2.75, 3.05) is 19.7 Å². The van der Waals surface area contributed by atoms with Crippen LogP contribution in [0.3, 0.4) is 0 Å². The average molecular weight is 335 g/mol. The van der Waals surface area contributed by atoms with Crippen LogP contribution in [0.1, 0.15) is 6.92 Å². The Morgan fingerprint density at radius 2 is 2.28 bits per heavy atom. The zero-order valence-corrected chi connectivity index (χ0v) is 12.2. The van der Waals surface area contributed by atoms with Crippen molar-refractivity contribution < 1.29 is 14.6 Å². The van der Waals surface area contributed by atoms with Crippen molar-refractivity contribution in [2.45, 2.75) is 12.5 Å². The first kappa shape index (κ1) is 13.6. The fourth-order valence-corrected chi connectivity index (χ4v) is 2.57. The summed E-state index contributed by atoms with van der Waals surface area (Å²) in [5, 5.41) is 10.1. The second kappa shape index (κ2) is 5.07. The molecule has 0 aromatic heterocycles. The van der Waals surface area contributed by atoms with Crippen LogP contribution in [0.25, 0.3) is 0 Å². The predicted molar refractivity (Wildman–Crippen MR) is 71.9 cm³/mol. The lowest BCUT2D eigenvalue weighted by Crippen LogP contribution is -2.62. The molecule has 1 heterocycles. The lowest BCUT2D eigenvalue weighted by atomic mass is 9.97. The highest BCUT2D eigenvalue weighted by atomic mass is 79.9. The number of hydrogen-bond acceptors (Lipinski definition) is 3. The first-order chi connectivity index (χ1) is 8.37. The molecule has 1 aromatic rings. The third-order valence-corrected chi connectivity index (χ3v) is 3.52. The van der Waals surface area contributed by atoms with E-state index in [0.717, 1.165) is 0 Å². The van der Waals surface area contributed by atoms with Gasteiger partial charge in [0.15, 0.2) is 6.61 Å². The summed E-state index contributed by atoms with van der Waals surface area (Å²) < 4.78 is 6.11. The molecule has 0 radical (unpaired) electrons. The lowest BCUT2D eigenvalue weighted by Gasteiger charge is -2.44. The van der Waals surface area contributed by atoms with Gasteiger partial charge >= 0.3 is 0 Å². The maximum atomic E-state index is 11.7. The minimum absolute atomic E-state index is 0.0453. The molecular weight excluding hydrogens is 321 g/mol. The maximum absolute atomic E-state index is 11.7. The minimum Gasteiger partial charge on any atom is -0.483 e. The van der Waals surface area contributed by atoms with E-state index in [1.54, 1.807) is 30.0 Å². The molecule has 1 aliphatic rings. The minimum atomic E-state index is -0.753. The van der Waals surface area contributed by atoms with Gasteiger partial charge in [0.05, 0.1) is 23.2 Å². The molecule has 1 amide bonds. The second-order valence-electron chi connectivity index (χ2n) is 4.61. The molecule has 0 bridgehead atoms. The second-order valence-corrected chi connectivity index (χ2v) is 5.90. The van der Waals surface area contributed by atoms with E-state index in [2.05, 4.69) is 15.9 Å². The van der Waals surface area contributed by atoms with Gasteiger partial charge < -0.3 is 14.7 Å². The van der Waals surface area contributed by atoms with Crippen LogP contribution in [0.2, 0.25) is 5.02 Å². The number of halogens is 2. The van der Waals surface area contributed by atoms with Crippen LogP contribution in [0.5, 0.6) is 5.75 Å². The summed E-state index contributed by atoms with van der Waals surface area (Å²) in [5.41, 5.74) is -0.753. The van der Waals surface area contributed by atoms with E-state index in [1.165, 1.54) is 0 Å². The summed E-state index contributed by atoms with van der Waals surface area (Å²) in [6.45, 7) is 2.37. The first-order valence-electron chi connectivity index (χ1n) is 5.45. The number of ether oxygens (including phenoxy) is 1. The number of carbonyl (C=O) groups is 1. The Labute approximate surface area is 119 Å². The molecule has 4 nitrogen and oxygen atoms in total. The standard InChI is InChI=1S/C12H13BrClNO3/c1-12(17)6-15(7-12)11(16)5-18-10-3-2-8(14)4-9(10)13/h2-4,17H,5-7H2,1H3. The fraction of sp³-hybridized carbons (Fsp3) is 0.417. The van der Waals surface area contributed by atoms with Crippen molar-refractivity contribution in [1.29, 1.82) is 0 Å². The molecule has 0 aliphatic carbocycles. The third kappa shape index (κ3) is 3.16. The molecule has 0 atom stereocenters. The van der Waals surface area contributed by atoms with Gasteiger partial charge in [-0.3, -0.25) is 4.79 Å². The number of hydrogen-bond donors (Lipinski definition) is 1. The van der Waals surface area contributed by atoms with Gasteiger partial charge in [-0.15, -0.1) is 0 Å². The normalized spacial score (nSPS) is 17.2. The molecule has 18 heavy (non-hydrogen) atoms. The van der Waals surface area contributed by atoms with Crippen LogP contribution in [0.15, 0.2) is 22.7 Å². The van der Waals surface area contributed by atoms with E-state index in [9.17, 15) is 9.90 Å². The molecule has 1 aliphatic heterocycles. The van der Waals surface area contributed by atoms with Crippen LogP contribution < -0.4 is 4.74 Å². The molecular formula is C12H13BrClNO3.